The molecule has 0 amide bonds. The van der Waals surface area contributed by atoms with Crippen molar-refractivity contribution in [3.05, 3.63) is 57.0 Å². The van der Waals surface area contributed by atoms with Gasteiger partial charge in [0.1, 0.15) is 5.75 Å². The summed E-state index contributed by atoms with van der Waals surface area (Å²) in [4.78, 5) is 42.6. The van der Waals surface area contributed by atoms with Gasteiger partial charge in [-0.25, -0.2) is 9.78 Å². The molecule has 8 nitrogen and oxygen atoms in total. The van der Waals surface area contributed by atoms with Gasteiger partial charge in [-0.15, -0.1) is 0 Å². The molecule has 0 spiro atoms. The fraction of sp³-hybridized carbons (Fsp3) is 0.250. The Morgan fingerprint density at radius 3 is 2.50 bits per heavy atom. The molecule has 3 rings (SSSR count). The Kier molecular flexibility index (Phi) is 4.41. The average Bonchev–Trinajstić information content (AvgIpc) is 3.04. The summed E-state index contributed by atoms with van der Waals surface area (Å²) in [6.45, 7) is -1.39. The molecule has 1 aromatic carbocycles. The van der Waals surface area contributed by atoms with Gasteiger partial charge in [-0.3, -0.25) is 19.1 Å². The number of carbonyl (C=O) groups is 1. The van der Waals surface area contributed by atoms with Crippen molar-refractivity contribution < 1.29 is 18.3 Å². The minimum Gasteiger partial charge on any atom is -0.435 e. The monoisotopic (exact) mass is 364 g/mol. The molecule has 26 heavy (non-hydrogen) atoms. The summed E-state index contributed by atoms with van der Waals surface area (Å²) in [6, 6.07) is 4.43. The number of hydrogen-bond donors (Lipinski definition) is 1. The van der Waals surface area contributed by atoms with Crippen LogP contribution in [0, 0.1) is 0 Å². The van der Waals surface area contributed by atoms with Crippen molar-refractivity contribution in [2.75, 3.05) is 0 Å². The van der Waals surface area contributed by atoms with Crippen LogP contribution in [0.2, 0.25) is 0 Å². The maximum atomic E-state index is 12.7. The van der Waals surface area contributed by atoms with Crippen molar-refractivity contribution in [1.29, 1.82) is 0 Å². The highest BCUT2D eigenvalue weighted by Crippen LogP contribution is 2.21. The summed E-state index contributed by atoms with van der Waals surface area (Å²) in [5.74, 6) is -0.426. The number of rotatable bonds is 5. The molecule has 0 saturated carbocycles. The van der Waals surface area contributed by atoms with Gasteiger partial charge in [0.2, 0.25) is 0 Å². The molecule has 2 heterocycles. The molecule has 10 heteroatoms. The Balaban J connectivity index is 1.97. The van der Waals surface area contributed by atoms with Crippen LogP contribution in [0.3, 0.4) is 0 Å². The lowest BCUT2D eigenvalue weighted by atomic mass is 10.1. The van der Waals surface area contributed by atoms with Crippen molar-refractivity contribution >= 4 is 16.9 Å². The number of nitrogens with one attached hydrogen (secondary N) is 1. The number of benzene rings is 1. The number of aryl methyl sites for hydroxylation is 1. The standard InChI is InChI=1S/C16H14F2N4O4/c1-8(12(23)9-3-5-10(6-4-9)26-15(17)18)22-7-19-13-11(22)14(24)20-16(25)21(13)2/h3-8,15H,1-2H3,(H,20,24,25)/t8-/m1/s1. The van der Waals surface area contributed by atoms with Crippen LogP contribution in [-0.2, 0) is 7.05 Å². The topological polar surface area (TPSA) is 99.0 Å². The highest BCUT2D eigenvalue weighted by molar-refractivity contribution is 5.99. The van der Waals surface area contributed by atoms with Crippen LogP contribution >= 0.6 is 0 Å². The van der Waals surface area contributed by atoms with Gasteiger partial charge in [-0.2, -0.15) is 8.78 Å². The van der Waals surface area contributed by atoms with Crippen LogP contribution in [0.15, 0.2) is 40.2 Å². The van der Waals surface area contributed by atoms with Gasteiger partial charge < -0.3 is 9.30 Å². The molecule has 0 unspecified atom stereocenters. The molecule has 0 aliphatic carbocycles. The second-order valence-electron chi connectivity index (χ2n) is 5.59. The van der Waals surface area contributed by atoms with Crippen molar-refractivity contribution in [3.63, 3.8) is 0 Å². The molecular formula is C16H14F2N4O4. The van der Waals surface area contributed by atoms with Gasteiger partial charge in [-0.05, 0) is 31.2 Å². The number of hydrogen-bond acceptors (Lipinski definition) is 5. The van der Waals surface area contributed by atoms with E-state index >= 15 is 0 Å². The Labute approximate surface area is 144 Å². The van der Waals surface area contributed by atoms with E-state index in [0.29, 0.717) is 0 Å². The van der Waals surface area contributed by atoms with Gasteiger partial charge in [0.15, 0.2) is 16.9 Å². The summed E-state index contributed by atoms with van der Waals surface area (Å²) < 4.78 is 31.1. The second-order valence-corrected chi connectivity index (χ2v) is 5.59. The van der Waals surface area contributed by atoms with Crippen LogP contribution in [0.25, 0.3) is 11.2 Å². The average molecular weight is 364 g/mol. The quantitative estimate of drug-likeness (QED) is 0.691. The number of ketones is 1. The fourth-order valence-electron chi connectivity index (χ4n) is 2.61. The number of Topliss-reactive ketones (excluding diaryl/α,β-unsaturated/α-hetero) is 1. The summed E-state index contributed by atoms with van der Waals surface area (Å²) in [6.07, 6.45) is 1.30. The van der Waals surface area contributed by atoms with E-state index in [2.05, 4.69) is 14.7 Å². The van der Waals surface area contributed by atoms with Crippen molar-refractivity contribution in [2.24, 2.45) is 7.05 Å². The molecule has 0 fully saturated rings. The SMILES string of the molecule is C[C@H](C(=O)c1ccc(OC(F)F)cc1)n1cnc2c1c(=O)[nH]c(=O)n2C. The normalized spacial score (nSPS) is 12.5. The lowest BCUT2D eigenvalue weighted by molar-refractivity contribution is -0.0498. The zero-order valence-corrected chi connectivity index (χ0v) is 13.8. The van der Waals surface area contributed by atoms with Crippen LogP contribution in [0.1, 0.15) is 23.3 Å². The number of ether oxygens (including phenoxy) is 1. The van der Waals surface area contributed by atoms with E-state index in [4.69, 9.17) is 0 Å². The molecule has 0 aliphatic rings. The van der Waals surface area contributed by atoms with Crippen LogP contribution < -0.4 is 16.0 Å². The molecule has 0 saturated heterocycles. The first kappa shape index (κ1) is 17.5. The summed E-state index contributed by atoms with van der Waals surface area (Å²) in [5, 5.41) is 0. The van der Waals surface area contributed by atoms with Gasteiger partial charge in [0, 0.05) is 12.6 Å². The Morgan fingerprint density at radius 1 is 1.23 bits per heavy atom. The molecule has 3 aromatic rings. The summed E-state index contributed by atoms with van der Waals surface area (Å²) in [7, 11) is 1.45. The highest BCUT2D eigenvalue weighted by Gasteiger charge is 2.22. The first-order chi connectivity index (χ1) is 12.3. The molecule has 136 valence electrons. The molecule has 2 aromatic heterocycles. The van der Waals surface area contributed by atoms with E-state index < -0.39 is 23.9 Å². The van der Waals surface area contributed by atoms with E-state index in [9.17, 15) is 23.2 Å². The van der Waals surface area contributed by atoms with E-state index in [-0.39, 0.29) is 28.3 Å². The van der Waals surface area contributed by atoms with Crippen LogP contribution in [0.5, 0.6) is 5.75 Å². The van der Waals surface area contributed by atoms with Crippen LogP contribution in [0.4, 0.5) is 8.78 Å². The van der Waals surface area contributed by atoms with Gasteiger partial charge in [0.25, 0.3) is 5.56 Å². The van der Waals surface area contributed by atoms with Crippen molar-refractivity contribution in [3.8, 4) is 5.75 Å². The number of H-pyrrole nitrogens is 1. The number of nitrogens with zero attached hydrogens (tertiary/aromatic N) is 3. The smallest absolute Gasteiger partial charge is 0.387 e. The van der Waals surface area contributed by atoms with Gasteiger partial charge >= 0.3 is 12.3 Å². The van der Waals surface area contributed by atoms with E-state index in [1.54, 1.807) is 6.92 Å². The predicted molar refractivity (Wildman–Crippen MR) is 87.7 cm³/mol. The van der Waals surface area contributed by atoms with Crippen molar-refractivity contribution in [1.82, 2.24) is 19.1 Å². The van der Waals surface area contributed by atoms with Gasteiger partial charge in [0.05, 0.1) is 12.4 Å². The largest absolute Gasteiger partial charge is 0.435 e. The zero-order chi connectivity index (χ0) is 19.0. The Morgan fingerprint density at radius 2 is 1.88 bits per heavy atom. The number of carbonyl (C=O) groups excluding carboxylic acids is 1. The third-order valence-electron chi connectivity index (χ3n) is 3.99. The molecule has 1 N–H and O–H groups in total. The lowest BCUT2D eigenvalue weighted by Gasteiger charge is -2.13. The van der Waals surface area contributed by atoms with Crippen molar-refractivity contribution in [2.45, 2.75) is 19.6 Å². The zero-order valence-electron chi connectivity index (χ0n) is 13.8. The third kappa shape index (κ3) is 3.01. The van der Waals surface area contributed by atoms with E-state index in [0.717, 1.165) is 0 Å². The Hall–Kier alpha value is -3.30. The molecule has 0 aliphatic heterocycles. The molecule has 0 bridgehead atoms. The predicted octanol–water partition coefficient (Wildman–Crippen LogP) is 1.47. The molecular weight excluding hydrogens is 350 g/mol. The number of imidazole rings is 1. The lowest BCUT2D eigenvalue weighted by Crippen LogP contribution is -2.30. The molecule has 0 radical (unpaired) electrons. The summed E-state index contributed by atoms with van der Waals surface area (Å²) >= 11 is 0. The number of halogens is 2. The number of aromatic amines is 1. The van der Waals surface area contributed by atoms with E-state index in [1.165, 1.54) is 46.8 Å². The number of fused-ring (bicyclic) bond motifs is 1. The number of alkyl halides is 2. The summed E-state index contributed by atoms with van der Waals surface area (Å²) in [5.41, 5.74) is -0.769. The van der Waals surface area contributed by atoms with E-state index in [1.807, 2.05) is 0 Å². The van der Waals surface area contributed by atoms with Crippen LogP contribution in [-0.4, -0.2) is 31.5 Å². The maximum Gasteiger partial charge on any atom is 0.387 e. The molecule has 1 atom stereocenters. The third-order valence-corrected chi connectivity index (χ3v) is 3.99. The second kappa shape index (κ2) is 6.54. The highest BCUT2D eigenvalue weighted by atomic mass is 19.3. The first-order valence-corrected chi connectivity index (χ1v) is 7.54. The number of aromatic nitrogens is 4. The Bertz CT molecular complexity index is 1080. The first-order valence-electron chi connectivity index (χ1n) is 7.54. The minimum atomic E-state index is -2.95. The maximum absolute atomic E-state index is 12.7. The fourth-order valence-corrected chi connectivity index (χ4v) is 2.61. The van der Waals surface area contributed by atoms with Gasteiger partial charge in [-0.1, -0.05) is 0 Å². The minimum absolute atomic E-state index is 0.0660.